The molecule has 1 amide bonds. The second-order valence-corrected chi connectivity index (χ2v) is 4.68. The van der Waals surface area contributed by atoms with Gasteiger partial charge in [0.15, 0.2) is 0 Å². The summed E-state index contributed by atoms with van der Waals surface area (Å²) in [5, 5.41) is 2.85. The Balaban J connectivity index is 0.000000952. The molecule has 2 aromatic rings. The Morgan fingerprint density at radius 1 is 1.12 bits per heavy atom. The van der Waals surface area contributed by atoms with Crippen molar-refractivity contribution in [2.24, 2.45) is 0 Å². The van der Waals surface area contributed by atoms with Gasteiger partial charge in [0.2, 0.25) is 0 Å². The van der Waals surface area contributed by atoms with E-state index in [1.807, 2.05) is 64.1 Å². The van der Waals surface area contributed by atoms with Crippen molar-refractivity contribution in [1.82, 2.24) is 10.3 Å². The van der Waals surface area contributed by atoms with Crippen molar-refractivity contribution in [3.8, 4) is 0 Å². The molecule has 128 valence electrons. The molecule has 0 aliphatic rings. The number of hydrogen-bond acceptors (Lipinski definition) is 2. The first-order valence-electron chi connectivity index (χ1n) is 8.11. The number of carbonyl (C=O) groups is 1. The Kier molecular flexibility index (Phi) is 11.4. The van der Waals surface area contributed by atoms with E-state index in [2.05, 4.69) is 23.5 Å². The second-order valence-electron chi connectivity index (χ2n) is 4.68. The second kappa shape index (κ2) is 12.8. The van der Waals surface area contributed by atoms with E-state index in [1.54, 1.807) is 18.2 Å². The lowest BCUT2D eigenvalue weighted by molar-refractivity contribution is 0.0946. The largest absolute Gasteiger partial charge is 0.347 e. The SMILES string of the molecule is C=CC.C=Cc1nc(C(=O)NCc2ccccc2)ccc1C.CC. The number of amides is 1. The molecule has 0 radical (unpaired) electrons. The highest BCUT2D eigenvalue weighted by molar-refractivity contribution is 5.92. The zero-order chi connectivity index (χ0) is 18.4. The molecule has 3 nitrogen and oxygen atoms in total. The van der Waals surface area contributed by atoms with Crippen LogP contribution in [0.3, 0.4) is 0 Å². The number of nitrogens with one attached hydrogen (secondary N) is 1. The third-order valence-electron chi connectivity index (χ3n) is 2.86. The minimum atomic E-state index is -0.174. The van der Waals surface area contributed by atoms with Gasteiger partial charge in [0.1, 0.15) is 5.69 Å². The minimum Gasteiger partial charge on any atom is -0.347 e. The highest BCUT2D eigenvalue weighted by Crippen LogP contribution is 2.08. The molecule has 1 N–H and O–H groups in total. The Bertz CT molecular complexity index is 634. The molecule has 0 unspecified atom stereocenters. The minimum absolute atomic E-state index is 0.174. The summed E-state index contributed by atoms with van der Waals surface area (Å²) in [6, 6.07) is 13.4. The van der Waals surface area contributed by atoms with E-state index in [1.165, 1.54) is 0 Å². The number of nitrogens with zero attached hydrogens (tertiary/aromatic N) is 1. The summed E-state index contributed by atoms with van der Waals surface area (Å²) >= 11 is 0. The molecule has 0 saturated heterocycles. The number of aromatic nitrogens is 1. The molecule has 0 spiro atoms. The van der Waals surface area contributed by atoms with Gasteiger partial charge in [0.05, 0.1) is 5.69 Å². The lowest BCUT2D eigenvalue weighted by atomic mass is 10.2. The molecule has 0 aliphatic carbocycles. The topological polar surface area (TPSA) is 42.0 Å². The Labute approximate surface area is 146 Å². The molecular formula is C21H28N2O. The van der Waals surface area contributed by atoms with E-state index in [4.69, 9.17) is 0 Å². The van der Waals surface area contributed by atoms with Crippen molar-refractivity contribution in [2.75, 3.05) is 0 Å². The van der Waals surface area contributed by atoms with Gasteiger partial charge in [-0.1, -0.05) is 62.9 Å². The van der Waals surface area contributed by atoms with E-state index in [-0.39, 0.29) is 5.91 Å². The van der Waals surface area contributed by atoms with Gasteiger partial charge in [0, 0.05) is 6.54 Å². The van der Waals surface area contributed by atoms with Gasteiger partial charge in [0.25, 0.3) is 5.91 Å². The van der Waals surface area contributed by atoms with E-state index in [0.29, 0.717) is 12.2 Å². The quantitative estimate of drug-likeness (QED) is 0.787. The van der Waals surface area contributed by atoms with Gasteiger partial charge < -0.3 is 5.32 Å². The zero-order valence-electron chi connectivity index (χ0n) is 15.2. The first-order valence-corrected chi connectivity index (χ1v) is 8.11. The summed E-state index contributed by atoms with van der Waals surface area (Å²) < 4.78 is 0. The predicted molar refractivity (Wildman–Crippen MR) is 104 cm³/mol. The molecule has 24 heavy (non-hydrogen) atoms. The van der Waals surface area contributed by atoms with E-state index < -0.39 is 0 Å². The van der Waals surface area contributed by atoms with Crippen LogP contribution in [-0.4, -0.2) is 10.9 Å². The Morgan fingerprint density at radius 3 is 2.25 bits per heavy atom. The molecule has 3 heteroatoms. The molecular weight excluding hydrogens is 296 g/mol. The van der Waals surface area contributed by atoms with Crippen LogP contribution in [0.1, 0.15) is 48.1 Å². The van der Waals surface area contributed by atoms with Gasteiger partial charge in [-0.3, -0.25) is 4.79 Å². The van der Waals surface area contributed by atoms with Gasteiger partial charge in [-0.05, 0) is 37.1 Å². The number of hydrogen-bond donors (Lipinski definition) is 1. The number of aryl methyl sites for hydroxylation is 1. The van der Waals surface area contributed by atoms with Crippen molar-refractivity contribution >= 4 is 12.0 Å². The van der Waals surface area contributed by atoms with Crippen LogP contribution in [0.2, 0.25) is 0 Å². The first kappa shape index (κ1) is 21.3. The summed E-state index contributed by atoms with van der Waals surface area (Å²) in [5.41, 5.74) is 3.23. The average molecular weight is 324 g/mol. The van der Waals surface area contributed by atoms with E-state index >= 15 is 0 Å². The van der Waals surface area contributed by atoms with Crippen LogP contribution in [0, 0.1) is 6.92 Å². The fourth-order valence-electron chi connectivity index (χ4n) is 1.75. The van der Waals surface area contributed by atoms with Crippen molar-refractivity contribution in [2.45, 2.75) is 34.2 Å². The fraction of sp³-hybridized carbons (Fsp3) is 0.238. The first-order chi connectivity index (χ1) is 11.6. The molecule has 1 heterocycles. The third-order valence-corrected chi connectivity index (χ3v) is 2.86. The fourth-order valence-corrected chi connectivity index (χ4v) is 1.75. The predicted octanol–water partition coefficient (Wildman–Crippen LogP) is 5.18. The summed E-state index contributed by atoms with van der Waals surface area (Å²) in [6.45, 7) is 15.4. The molecule has 0 saturated carbocycles. The molecule has 0 fully saturated rings. The maximum atomic E-state index is 12.0. The maximum absolute atomic E-state index is 12.0. The number of benzene rings is 1. The zero-order valence-corrected chi connectivity index (χ0v) is 15.2. The normalized spacial score (nSPS) is 8.67. The van der Waals surface area contributed by atoms with Gasteiger partial charge >= 0.3 is 0 Å². The number of allylic oxidation sites excluding steroid dienone is 1. The van der Waals surface area contributed by atoms with E-state index in [0.717, 1.165) is 16.8 Å². The highest BCUT2D eigenvalue weighted by atomic mass is 16.1. The van der Waals surface area contributed by atoms with Crippen LogP contribution in [0.5, 0.6) is 0 Å². The maximum Gasteiger partial charge on any atom is 0.270 e. The van der Waals surface area contributed by atoms with Crippen molar-refractivity contribution in [3.05, 3.63) is 84.2 Å². The number of rotatable bonds is 4. The number of carbonyl (C=O) groups excluding carboxylic acids is 1. The van der Waals surface area contributed by atoms with Gasteiger partial charge in [-0.2, -0.15) is 0 Å². The molecule has 1 aromatic heterocycles. The highest BCUT2D eigenvalue weighted by Gasteiger charge is 2.08. The molecule has 2 rings (SSSR count). The molecule has 1 aromatic carbocycles. The monoisotopic (exact) mass is 324 g/mol. The molecule has 0 bridgehead atoms. The van der Waals surface area contributed by atoms with Crippen molar-refractivity contribution < 1.29 is 4.79 Å². The Hall–Kier alpha value is -2.68. The van der Waals surface area contributed by atoms with Crippen LogP contribution in [0.25, 0.3) is 6.08 Å². The number of pyridine rings is 1. The third kappa shape index (κ3) is 7.54. The van der Waals surface area contributed by atoms with Crippen LogP contribution < -0.4 is 5.32 Å². The molecule has 0 atom stereocenters. The lowest BCUT2D eigenvalue weighted by Crippen LogP contribution is -2.24. The Morgan fingerprint density at radius 2 is 1.71 bits per heavy atom. The summed E-state index contributed by atoms with van der Waals surface area (Å²) in [6.07, 6.45) is 3.41. The van der Waals surface area contributed by atoms with Crippen LogP contribution in [0.4, 0.5) is 0 Å². The van der Waals surface area contributed by atoms with Crippen LogP contribution >= 0.6 is 0 Å². The van der Waals surface area contributed by atoms with Gasteiger partial charge in [-0.15, -0.1) is 6.58 Å². The summed E-state index contributed by atoms with van der Waals surface area (Å²) in [5.74, 6) is -0.174. The van der Waals surface area contributed by atoms with Gasteiger partial charge in [-0.25, -0.2) is 4.98 Å². The van der Waals surface area contributed by atoms with Crippen LogP contribution in [-0.2, 0) is 6.54 Å². The average Bonchev–Trinajstić information content (AvgIpc) is 2.63. The van der Waals surface area contributed by atoms with Crippen molar-refractivity contribution in [3.63, 3.8) is 0 Å². The smallest absolute Gasteiger partial charge is 0.270 e. The lowest BCUT2D eigenvalue weighted by Gasteiger charge is -2.06. The summed E-state index contributed by atoms with van der Waals surface area (Å²) in [7, 11) is 0. The standard InChI is InChI=1S/C16H16N2O.C3H6.C2H6/c1-3-14-12(2)9-10-15(18-14)16(19)17-11-13-7-5-4-6-8-13;1-3-2;1-2/h3-10H,1,11H2,2H3,(H,17,19);3H,1H2,2H3;1-2H3. The van der Waals surface area contributed by atoms with E-state index in [9.17, 15) is 4.79 Å². The van der Waals surface area contributed by atoms with Crippen LogP contribution in [0.15, 0.2) is 61.7 Å². The van der Waals surface area contributed by atoms with Crippen molar-refractivity contribution in [1.29, 1.82) is 0 Å². The summed E-state index contributed by atoms with van der Waals surface area (Å²) in [4.78, 5) is 16.3. The molecule has 0 aliphatic heterocycles.